The van der Waals surface area contributed by atoms with Gasteiger partial charge >= 0.3 is 12.0 Å². The summed E-state index contributed by atoms with van der Waals surface area (Å²) in [5.74, 6) is -0.248. The van der Waals surface area contributed by atoms with Gasteiger partial charge in [-0.2, -0.15) is 0 Å². The minimum Gasteiger partial charge on any atom is -0.481 e. The van der Waals surface area contributed by atoms with Crippen molar-refractivity contribution in [3.63, 3.8) is 0 Å². The van der Waals surface area contributed by atoms with Gasteiger partial charge in [0.05, 0.1) is 11.6 Å². The highest BCUT2D eigenvalue weighted by Gasteiger charge is 2.31. The molecule has 1 unspecified atom stereocenters. The number of likely N-dealkylation sites (tertiary alicyclic amines) is 1. The Hall–Kier alpha value is -2.44. The van der Waals surface area contributed by atoms with E-state index >= 15 is 0 Å². The predicted octanol–water partition coefficient (Wildman–Crippen LogP) is 1.35. The van der Waals surface area contributed by atoms with Crippen molar-refractivity contribution in [1.82, 2.24) is 4.90 Å². The van der Waals surface area contributed by atoms with E-state index in [-0.39, 0.29) is 19.4 Å². The molecule has 2 N–H and O–H groups in total. The van der Waals surface area contributed by atoms with Crippen molar-refractivity contribution < 1.29 is 24.2 Å². The van der Waals surface area contributed by atoms with Gasteiger partial charge < -0.3 is 24.8 Å². The molecule has 2 aliphatic rings. The van der Waals surface area contributed by atoms with E-state index in [1.165, 1.54) is 4.90 Å². The number of hydrogen-bond donors (Lipinski definition) is 2. The summed E-state index contributed by atoms with van der Waals surface area (Å²) in [6, 6.07) is 4.91. The van der Waals surface area contributed by atoms with Crippen LogP contribution >= 0.6 is 0 Å². The molecule has 2 heterocycles. The lowest BCUT2D eigenvalue weighted by molar-refractivity contribution is -0.141. The van der Waals surface area contributed by atoms with Gasteiger partial charge in [0.25, 0.3) is 0 Å². The van der Waals surface area contributed by atoms with E-state index in [1.54, 1.807) is 18.2 Å². The number of rotatable bonds is 2. The number of anilines is 1. The molecule has 0 spiro atoms. The predicted molar refractivity (Wildman–Crippen MR) is 68.9 cm³/mol. The van der Waals surface area contributed by atoms with Crippen molar-refractivity contribution in [1.29, 1.82) is 0 Å². The summed E-state index contributed by atoms with van der Waals surface area (Å²) in [5, 5.41) is 11.7. The summed E-state index contributed by atoms with van der Waals surface area (Å²) in [6.45, 7) is 0.801. The van der Waals surface area contributed by atoms with Gasteiger partial charge in [0, 0.05) is 13.1 Å². The summed E-state index contributed by atoms with van der Waals surface area (Å²) in [5.41, 5.74) is 0.531. The molecule has 20 heavy (non-hydrogen) atoms. The smallest absolute Gasteiger partial charge is 0.321 e. The third-order valence-corrected chi connectivity index (χ3v) is 3.46. The van der Waals surface area contributed by atoms with Crippen molar-refractivity contribution in [3.05, 3.63) is 18.2 Å². The minimum atomic E-state index is -0.863. The number of para-hydroxylation sites is 1. The first-order valence-corrected chi connectivity index (χ1v) is 6.32. The molecule has 3 rings (SSSR count). The first-order chi connectivity index (χ1) is 9.65. The van der Waals surface area contributed by atoms with E-state index in [0.717, 1.165) is 0 Å². The number of nitrogens with zero attached hydrogens (tertiary/aromatic N) is 1. The summed E-state index contributed by atoms with van der Waals surface area (Å²) in [7, 11) is 0. The molecule has 7 nitrogen and oxygen atoms in total. The summed E-state index contributed by atoms with van der Waals surface area (Å²) in [4.78, 5) is 24.5. The van der Waals surface area contributed by atoms with Gasteiger partial charge in [0.15, 0.2) is 11.5 Å². The third-order valence-electron chi connectivity index (χ3n) is 3.46. The van der Waals surface area contributed by atoms with Crippen molar-refractivity contribution in [3.8, 4) is 11.5 Å². The van der Waals surface area contributed by atoms with Gasteiger partial charge in [0.2, 0.25) is 6.79 Å². The molecule has 1 aromatic carbocycles. The fraction of sp³-hybridized carbons (Fsp3) is 0.385. The van der Waals surface area contributed by atoms with Crippen LogP contribution < -0.4 is 14.8 Å². The molecule has 0 saturated carbocycles. The lowest BCUT2D eigenvalue weighted by Gasteiger charge is -2.17. The van der Waals surface area contributed by atoms with Crippen LogP contribution in [-0.2, 0) is 4.79 Å². The van der Waals surface area contributed by atoms with E-state index in [4.69, 9.17) is 14.6 Å². The summed E-state index contributed by atoms with van der Waals surface area (Å²) in [6.07, 6.45) is 0.481. The monoisotopic (exact) mass is 278 g/mol. The number of amides is 2. The topological polar surface area (TPSA) is 88.1 Å². The second kappa shape index (κ2) is 4.92. The van der Waals surface area contributed by atoms with Crippen molar-refractivity contribution >= 4 is 17.7 Å². The number of carbonyl (C=O) groups is 2. The van der Waals surface area contributed by atoms with Crippen LogP contribution in [0.2, 0.25) is 0 Å². The molecular formula is C13H14N2O5. The Morgan fingerprint density at radius 1 is 1.35 bits per heavy atom. The highest BCUT2D eigenvalue weighted by Crippen LogP contribution is 2.39. The number of benzene rings is 1. The van der Waals surface area contributed by atoms with E-state index < -0.39 is 11.9 Å². The number of carboxylic acid groups (broad SMARTS) is 1. The lowest BCUT2D eigenvalue weighted by Crippen LogP contribution is -2.33. The number of ether oxygens (including phenoxy) is 2. The van der Waals surface area contributed by atoms with Crippen LogP contribution in [0, 0.1) is 5.92 Å². The van der Waals surface area contributed by atoms with Crippen LogP contribution in [0.15, 0.2) is 18.2 Å². The van der Waals surface area contributed by atoms with Crippen molar-refractivity contribution in [2.45, 2.75) is 6.42 Å². The van der Waals surface area contributed by atoms with Gasteiger partial charge in [-0.05, 0) is 18.6 Å². The Morgan fingerprint density at radius 2 is 2.20 bits per heavy atom. The maximum absolute atomic E-state index is 12.1. The normalized spacial score (nSPS) is 20.0. The first-order valence-electron chi connectivity index (χ1n) is 6.32. The van der Waals surface area contributed by atoms with E-state index in [1.807, 2.05) is 0 Å². The zero-order valence-electron chi connectivity index (χ0n) is 10.7. The lowest BCUT2D eigenvalue weighted by atomic mass is 10.1. The molecular weight excluding hydrogens is 264 g/mol. The molecule has 0 aromatic heterocycles. The Labute approximate surface area is 115 Å². The van der Waals surface area contributed by atoms with Crippen LogP contribution in [0.3, 0.4) is 0 Å². The average Bonchev–Trinajstić information content (AvgIpc) is 3.08. The molecule has 0 bridgehead atoms. The molecule has 1 saturated heterocycles. The Balaban J connectivity index is 1.68. The van der Waals surface area contributed by atoms with Gasteiger partial charge in [-0.1, -0.05) is 6.07 Å². The van der Waals surface area contributed by atoms with Gasteiger partial charge in [0.1, 0.15) is 0 Å². The molecule has 1 aromatic rings. The molecule has 0 radical (unpaired) electrons. The van der Waals surface area contributed by atoms with Crippen molar-refractivity contribution in [2.75, 3.05) is 25.2 Å². The zero-order valence-corrected chi connectivity index (χ0v) is 10.7. The van der Waals surface area contributed by atoms with Gasteiger partial charge in [-0.15, -0.1) is 0 Å². The maximum atomic E-state index is 12.1. The molecule has 2 aliphatic heterocycles. The average molecular weight is 278 g/mol. The van der Waals surface area contributed by atoms with Crippen molar-refractivity contribution in [2.24, 2.45) is 5.92 Å². The van der Waals surface area contributed by atoms with Gasteiger partial charge in [-0.3, -0.25) is 4.79 Å². The first kappa shape index (κ1) is 12.6. The number of urea groups is 1. The molecule has 1 fully saturated rings. The van der Waals surface area contributed by atoms with Crippen LogP contribution in [0.1, 0.15) is 6.42 Å². The Kier molecular flexibility index (Phi) is 3.09. The number of nitrogens with one attached hydrogen (secondary N) is 1. The summed E-state index contributed by atoms with van der Waals surface area (Å²) < 4.78 is 10.5. The maximum Gasteiger partial charge on any atom is 0.321 e. The second-order valence-electron chi connectivity index (χ2n) is 4.74. The SMILES string of the molecule is O=C(O)C1CCN(C(=O)Nc2cccc3c2OCO3)C1. The van der Waals surface area contributed by atoms with Crippen LogP contribution in [-0.4, -0.2) is 41.9 Å². The molecule has 106 valence electrons. The highest BCUT2D eigenvalue weighted by atomic mass is 16.7. The Morgan fingerprint density at radius 3 is 2.95 bits per heavy atom. The minimum absolute atomic E-state index is 0.132. The highest BCUT2D eigenvalue weighted by molar-refractivity contribution is 5.92. The second-order valence-corrected chi connectivity index (χ2v) is 4.74. The molecule has 7 heteroatoms. The number of aliphatic carboxylic acids is 1. The molecule has 1 atom stereocenters. The molecule has 2 amide bonds. The quantitative estimate of drug-likeness (QED) is 0.852. The summed E-state index contributed by atoms with van der Waals surface area (Å²) >= 11 is 0. The number of hydrogen-bond acceptors (Lipinski definition) is 4. The fourth-order valence-electron chi connectivity index (χ4n) is 2.37. The zero-order chi connectivity index (χ0) is 14.1. The van der Waals surface area contributed by atoms with Gasteiger partial charge in [-0.25, -0.2) is 4.79 Å². The van der Waals surface area contributed by atoms with Crippen LogP contribution in [0.4, 0.5) is 10.5 Å². The number of carboxylic acids is 1. The number of fused-ring (bicyclic) bond motifs is 1. The molecule has 0 aliphatic carbocycles. The van der Waals surface area contributed by atoms with Crippen LogP contribution in [0.5, 0.6) is 11.5 Å². The van der Waals surface area contributed by atoms with E-state index in [0.29, 0.717) is 30.2 Å². The van der Waals surface area contributed by atoms with E-state index in [2.05, 4.69) is 5.32 Å². The van der Waals surface area contributed by atoms with Crippen LogP contribution in [0.25, 0.3) is 0 Å². The fourth-order valence-corrected chi connectivity index (χ4v) is 2.37. The Bertz CT molecular complexity index is 560. The standard InChI is InChI=1S/C13H14N2O5/c16-12(17)8-4-5-15(6-8)13(18)14-9-2-1-3-10-11(9)20-7-19-10/h1-3,8H,4-7H2,(H,14,18)(H,16,17). The largest absolute Gasteiger partial charge is 0.481 e. The van der Waals surface area contributed by atoms with E-state index in [9.17, 15) is 9.59 Å². The third kappa shape index (κ3) is 2.22. The number of carbonyl (C=O) groups excluding carboxylic acids is 1.